The van der Waals surface area contributed by atoms with Gasteiger partial charge in [-0.25, -0.2) is 5.01 Å². The van der Waals surface area contributed by atoms with Crippen molar-refractivity contribution in [3.05, 3.63) is 41.6 Å². The van der Waals surface area contributed by atoms with E-state index < -0.39 is 12.0 Å². The summed E-state index contributed by atoms with van der Waals surface area (Å²) < 4.78 is 0. The summed E-state index contributed by atoms with van der Waals surface area (Å²) in [4.78, 5) is 11.0. The molecule has 0 aromatic heterocycles. The molecule has 3 N–H and O–H groups in total. The largest absolute Gasteiger partial charge is 0.382 e. The Kier molecular flexibility index (Phi) is 3.12. The van der Waals surface area contributed by atoms with Crippen molar-refractivity contribution in [3.8, 4) is 0 Å². The van der Waals surface area contributed by atoms with Crippen molar-refractivity contribution in [1.29, 1.82) is 0 Å². The lowest BCUT2D eigenvalue weighted by molar-refractivity contribution is -0.112. The lowest BCUT2D eigenvalue weighted by Crippen LogP contribution is -2.37. The second-order valence-electron chi connectivity index (χ2n) is 3.46. The molecule has 0 bridgehead atoms. The number of rotatable bonds is 2. The molecule has 0 spiro atoms. The SMILES string of the molecule is NC(=O)C1=NN(c2ccc(Cl)cc2)C=CC1O. The van der Waals surface area contributed by atoms with Crippen LogP contribution in [0.4, 0.5) is 5.69 Å². The molecule has 0 aliphatic carbocycles. The van der Waals surface area contributed by atoms with E-state index in [1.165, 1.54) is 11.1 Å². The van der Waals surface area contributed by atoms with Crippen LogP contribution in [-0.4, -0.2) is 22.8 Å². The number of nitrogens with two attached hydrogens (primary N) is 1. The Hall–Kier alpha value is -1.85. The molecule has 5 nitrogen and oxygen atoms in total. The van der Waals surface area contributed by atoms with Crippen molar-refractivity contribution >= 4 is 28.9 Å². The fraction of sp³-hybridized carbons (Fsp3) is 0.0909. The number of hydrogen-bond donors (Lipinski definition) is 2. The molecule has 1 aromatic carbocycles. The monoisotopic (exact) mass is 251 g/mol. The quantitative estimate of drug-likeness (QED) is 0.819. The Morgan fingerprint density at radius 1 is 1.41 bits per heavy atom. The average Bonchev–Trinajstić information content (AvgIpc) is 2.30. The smallest absolute Gasteiger partial charge is 0.268 e. The number of amides is 1. The van der Waals surface area contributed by atoms with Gasteiger partial charge in [0.25, 0.3) is 5.91 Å². The fourth-order valence-corrected chi connectivity index (χ4v) is 1.52. The number of benzene rings is 1. The van der Waals surface area contributed by atoms with E-state index in [-0.39, 0.29) is 5.71 Å². The maximum atomic E-state index is 11.0. The highest BCUT2D eigenvalue weighted by Crippen LogP contribution is 2.20. The van der Waals surface area contributed by atoms with Crippen LogP contribution >= 0.6 is 11.6 Å². The third kappa shape index (κ3) is 2.46. The molecule has 88 valence electrons. The summed E-state index contributed by atoms with van der Waals surface area (Å²) in [6, 6.07) is 6.89. The lowest BCUT2D eigenvalue weighted by atomic mass is 10.2. The van der Waals surface area contributed by atoms with E-state index >= 15 is 0 Å². The summed E-state index contributed by atoms with van der Waals surface area (Å²) >= 11 is 5.77. The van der Waals surface area contributed by atoms with Gasteiger partial charge >= 0.3 is 0 Å². The maximum Gasteiger partial charge on any atom is 0.268 e. The van der Waals surface area contributed by atoms with Crippen LogP contribution in [0.5, 0.6) is 0 Å². The first kappa shape index (κ1) is 11.6. The minimum atomic E-state index is -1.06. The van der Waals surface area contributed by atoms with Gasteiger partial charge < -0.3 is 10.8 Å². The summed E-state index contributed by atoms with van der Waals surface area (Å²) in [6.45, 7) is 0. The van der Waals surface area contributed by atoms with Gasteiger partial charge in [-0.2, -0.15) is 5.10 Å². The van der Waals surface area contributed by atoms with Crippen molar-refractivity contribution in [1.82, 2.24) is 0 Å². The van der Waals surface area contributed by atoms with E-state index in [0.29, 0.717) is 5.02 Å². The molecule has 2 rings (SSSR count). The predicted molar refractivity (Wildman–Crippen MR) is 65.7 cm³/mol. The van der Waals surface area contributed by atoms with E-state index in [1.54, 1.807) is 30.5 Å². The van der Waals surface area contributed by atoms with Crippen molar-refractivity contribution in [3.63, 3.8) is 0 Å². The highest BCUT2D eigenvalue weighted by Gasteiger charge is 2.21. The predicted octanol–water partition coefficient (Wildman–Crippen LogP) is 0.876. The van der Waals surface area contributed by atoms with Crippen LogP contribution in [0.25, 0.3) is 0 Å². The number of carbonyl (C=O) groups is 1. The van der Waals surface area contributed by atoms with Crippen molar-refractivity contribution in [2.45, 2.75) is 6.10 Å². The topological polar surface area (TPSA) is 78.9 Å². The molecule has 1 aromatic rings. The second kappa shape index (κ2) is 4.57. The molecule has 0 fully saturated rings. The number of anilines is 1. The molecular weight excluding hydrogens is 242 g/mol. The standard InChI is InChI=1S/C11H10ClN3O2/c12-7-1-3-8(4-2-7)15-6-5-9(16)10(14-15)11(13)17/h1-6,9,16H,(H2,13,17). The molecule has 1 unspecified atom stereocenters. The summed E-state index contributed by atoms with van der Waals surface area (Å²) in [7, 11) is 0. The van der Waals surface area contributed by atoms with Gasteiger partial charge in [-0.3, -0.25) is 4.79 Å². The van der Waals surface area contributed by atoms with Crippen molar-refractivity contribution < 1.29 is 9.90 Å². The van der Waals surface area contributed by atoms with Crippen LogP contribution in [-0.2, 0) is 4.79 Å². The minimum Gasteiger partial charge on any atom is -0.382 e. The zero-order valence-corrected chi connectivity index (χ0v) is 9.50. The molecule has 1 atom stereocenters. The molecular formula is C11H10ClN3O2. The number of aliphatic hydroxyl groups excluding tert-OH is 1. The van der Waals surface area contributed by atoms with Crippen LogP contribution in [0, 0.1) is 0 Å². The third-order valence-electron chi connectivity index (χ3n) is 2.25. The fourth-order valence-electron chi connectivity index (χ4n) is 1.40. The van der Waals surface area contributed by atoms with Gasteiger partial charge in [-0.1, -0.05) is 11.6 Å². The Labute approximate surface area is 103 Å². The zero-order chi connectivity index (χ0) is 12.4. The Morgan fingerprint density at radius 3 is 2.65 bits per heavy atom. The number of nitrogens with zero attached hydrogens (tertiary/aromatic N) is 2. The normalized spacial score (nSPS) is 19.1. The van der Waals surface area contributed by atoms with Gasteiger partial charge in [0, 0.05) is 11.2 Å². The van der Waals surface area contributed by atoms with Crippen molar-refractivity contribution in [2.75, 3.05) is 5.01 Å². The first-order valence-electron chi connectivity index (χ1n) is 4.87. The van der Waals surface area contributed by atoms with E-state index in [0.717, 1.165) is 5.69 Å². The van der Waals surface area contributed by atoms with Crippen LogP contribution in [0.2, 0.25) is 5.02 Å². The highest BCUT2D eigenvalue weighted by molar-refractivity contribution is 6.40. The van der Waals surface area contributed by atoms with Gasteiger partial charge in [0.1, 0.15) is 6.10 Å². The van der Waals surface area contributed by atoms with Gasteiger partial charge in [0.05, 0.1) is 5.69 Å². The highest BCUT2D eigenvalue weighted by atomic mass is 35.5. The van der Waals surface area contributed by atoms with Gasteiger partial charge in [0.2, 0.25) is 0 Å². The molecule has 17 heavy (non-hydrogen) atoms. The Bertz CT molecular complexity index is 496. The first-order valence-corrected chi connectivity index (χ1v) is 5.25. The van der Waals surface area contributed by atoms with Crippen LogP contribution in [0.1, 0.15) is 0 Å². The molecule has 1 heterocycles. The van der Waals surface area contributed by atoms with E-state index in [1.807, 2.05) is 0 Å². The number of carbonyl (C=O) groups excluding carboxylic acids is 1. The van der Waals surface area contributed by atoms with Gasteiger partial charge in [-0.15, -0.1) is 0 Å². The molecule has 1 aliphatic heterocycles. The average molecular weight is 252 g/mol. The van der Waals surface area contributed by atoms with Crippen LogP contribution in [0.3, 0.4) is 0 Å². The van der Waals surface area contributed by atoms with Crippen LogP contribution in [0.15, 0.2) is 41.6 Å². The number of hydrogen-bond acceptors (Lipinski definition) is 4. The Balaban J connectivity index is 2.31. The third-order valence-corrected chi connectivity index (χ3v) is 2.50. The zero-order valence-electron chi connectivity index (χ0n) is 8.75. The first-order chi connectivity index (χ1) is 8.08. The number of halogens is 1. The molecule has 0 saturated heterocycles. The van der Waals surface area contributed by atoms with Crippen LogP contribution < -0.4 is 10.7 Å². The second-order valence-corrected chi connectivity index (χ2v) is 3.89. The van der Waals surface area contributed by atoms with Gasteiger partial charge in [0.15, 0.2) is 5.71 Å². The summed E-state index contributed by atoms with van der Waals surface area (Å²) in [5.74, 6) is -0.749. The Morgan fingerprint density at radius 2 is 2.06 bits per heavy atom. The summed E-state index contributed by atoms with van der Waals surface area (Å²) in [5, 5.41) is 15.5. The van der Waals surface area contributed by atoms with E-state index in [4.69, 9.17) is 17.3 Å². The van der Waals surface area contributed by atoms with Crippen molar-refractivity contribution in [2.24, 2.45) is 10.8 Å². The number of primary amides is 1. The molecule has 6 heteroatoms. The number of hydrazone groups is 1. The summed E-state index contributed by atoms with van der Waals surface area (Å²) in [6.07, 6.45) is 1.93. The summed E-state index contributed by atoms with van der Waals surface area (Å²) in [5.41, 5.74) is 5.73. The molecule has 0 saturated carbocycles. The minimum absolute atomic E-state index is 0.0950. The molecule has 1 aliphatic rings. The van der Waals surface area contributed by atoms with Gasteiger partial charge in [-0.05, 0) is 30.3 Å². The molecule has 1 amide bonds. The number of aliphatic hydroxyl groups is 1. The molecule has 0 radical (unpaired) electrons. The van der Waals surface area contributed by atoms with E-state index in [9.17, 15) is 9.90 Å². The lowest BCUT2D eigenvalue weighted by Gasteiger charge is -2.21. The maximum absolute atomic E-state index is 11.0. The van der Waals surface area contributed by atoms with E-state index in [2.05, 4.69) is 5.10 Å².